The van der Waals surface area contributed by atoms with Gasteiger partial charge in [0, 0.05) is 24.7 Å². The number of nitrogens with zero attached hydrogens (tertiary/aromatic N) is 1. The van der Waals surface area contributed by atoms with E-state index in [1.54, 1.807) is 4.90 Å². The molecule has 1 amide bonds. The summed E-state index contributed by atoms with van der Waals surface area (Å²) in [7, 11) is 0. The van der Waals surface area contributed by atoms with Crippen molar-refractivity contribution in [2.24, 2.45) is 0 Å². The summed E-state index contributed by atoms with van der Waals surface area (Å²) in [5.41, 5.74) is 1.13. The van der Waals surface area contributed by atoms with Crippen molar-refractivity contribution >= 4 is 6.09 Å². The third kappa shape index (κ3) is 6.79. The molecule has 0 bridgehead atoms. The molecular weight excluding hydrogens is 454 g/mol. The summed E-state index contributed by atoms with van der Waals surface area (Å²) in [5, 5.41) is 11.7. The standard InChI is InChI=1S/C30H35NO5/c1-29(2,3)36-28(32)31-18-16-30(33,17-19-31)26-15-14-25(34-21-23-10-6-4-7-11-23)20-27(26)35-22-24-12-8-5-9-13-24/h4-15,20,33H,16-19,21-22H2,1-3H3. The summed E-state index contributed by atoms with van der Waals surface area (Å²) in [6, 6.07) is 25.5. The molecule has 1 N–H and O–H groups in total. The fourth-order valence-corrected chi connectivity index (χ4v) is 4.23. The SMILES string of the molecule is CC(C)(C)OC(=O)N1CCC(O)(c2ccc(OCc3ccccc3)cc2OCc2ccccc2)CC1. The number of amides is 1. The Bertz CT molecular complexity index is 1130. The maximum Gasteiger partial charge on any atom is 0.410 e. The van der Waals surface area contributed by atoms with E-state index in [2.05, 4.69) is 0 Å². The van der Waals surface area contributed by atoms with E-state index in [9.17, 15) is 9.90 Å². The highest BCUT2D eigenvalue weighted by atomic mass is 16.6. The number of ether oxygens (including phenoxy) is 3. The third-order valence-electron chi connectivity index (χ3n) is 6.18. The number of piperidine rings is 1. The van der Waals surface area contributed by atoms with Crippen molar-refractivity contribution in [1.29, 1.82) is 0 Å². The van der Waals surface area contributed by atoms with Gasteiger partial charge in [-0.25, -0.2) is 4.79 Å². The first-order valence-corrected chi connectivity index (χ1v) is 12.4. The summed E-state index contributed by atoms with van der Waals surface area (Å²) >= 11 is 0. The van der Waals surface area contributed by atoms with Gasteiger partial charge in [0.1, 0.15) is 30.3 Å². The van der Waals surface area contributed by atoms with Crippen LogP contribution in [0.15, 0.2) is 78.9 Å². The van der Waals surface area contributed by atoms with E-state index in [0.29, 0.717) is 56.2 Å². The van der Waals surface area contributed by atoms with Crippen molar-refractivity contribution in [2.75, 3.05) is 13.1 Å². The first-order valence-electron chi connectivity index (χ1n) is 12.4. The van der Waals surface area contributed by atoms with Gasteiger partial charge in [-0.3, -0.25) is 0 Å². The Labute approximate surface area is 213 Å². The lowest BCUT2D eigenvalue weighted by Crippen LogP contribution is -2.46. The van der Waals surface area contributed by atoms with Crippen LogP contribution in [-0.2, 0) is 23.6 Å². The molecule has 6 nitrogen and oxygen atoms in total. The normalized spacial score (nSPS) is 15.3. The molecule has 0 aliphatic carbocycles. The molecule has 3 aromatic rings. The molecule has 1 saturated heterocycles. The van der Waals surface area contributed by atoms with E-state index in [4.69, 9.17) is 14.2 Å². The largest absolute Gasteiger partial charge is 0.489 e. The van der Waals surface area contributed by atoms with Crippen LogP contribution in [0.4, 0.5) is 4.79 Å². The number of benzene rings is 3. The first-order chi connectivity index (χ1) is 17.2. The summed E-state index contributed by atoms with van der Waals surface area (Å²) in [5.74, 6) is 1.25. The second-order valence-corrected chi connectivity index (χ2v) is 10.2. The summed E-state index contributed by atoms with van der Waals surface area (Å²) in [6.07, 6.45) is 0.422. The Morgan fingerprint density at radius 3 is 1.97 bits per heavy atom. The average Bonchev–Trinajstić information content (AvgIpc) is 2.87. The lowest BCUT2D eigenvalue weighted by Gasteiger charge is -2.39. The van der Waals surface area contributed by atoms with Gasteiger partial charge in [0.25, 0.3) is 0 Å². The van der Waals surface area contributed by atoms with Crippen molar-refractivity contribution in [3.05, 3.63) is 95.6 Å². The minimum absolute atomic E-state index is 0.352. The fraction of sp³-hybridized carbons (Fsp3) is 0.367. The molecule has 1 aliphatic heterocycles. The summed E-state index contributed by atoms with van der Waals surface area (Å²) in [4.78, 5) is 14.2. The molecule has 190 valence electrons. The number of hydrogen-bond donors (Lipinski definition) is 1. The van der Waals surface area contributed by atoms with Crippen LogP contribution in [0, 0.1) is 0 Å². The number of hydrogen-bond acceptors (Lipinski definition) is 5. The van der Waals surface area contributed by atoms with Crippen LogP contribution in [0.1, 0.15) is 50.3 Å². The van der Waals surface area contributed by atoms with Gasteiger partial charge in [0.2, 0.25) is 0 Å². The maximum absolute atomic E-state index is 12.5. The molecule has 1 heterocycles. The summed E-state index contributed by atoms with van der Waals surface area (Å²) < 4.78 is 17.8. The molecule has 6 heteroatoms. The lowest BCUT2D eigenvalue weighted by molar-refractivity contribution is -0.0370. The van der Waals surface area contributed by atoms with Gasteiger partial charge in [-0.15, -0.1) is 0 Å². The van der Waals surface area contributed by atoms with E-state index >= 15 is 0 Å². The van der Waals surface area contributed by atoms with Gasteiger partial charge in [0.15, 0.2) is 0 Å². The van der Waals surface area contributed by atoms with Gasteiger partial charge >= 0.3 is 6.09 Å². The number of likely N-dealkylation sites (tertiary alicyclic amines) is 1. The second-order valence-electron chi connectivity index (χ2n) is 10.2. The van der Waals surface area contributed by atoms with Gasteiger partial charge in [0.05, 0.1) is 5.60 Å². The highest BCUT2D eigenvalue weighted by molar-refractivity contribution is 5.68. The van der Waals surface area contributed by atoms with E-state index in [-0.39, 0.29) is 6.09 Å². The number of rotatable bonds is 7. The highest BCUT2D eigenvalue weighted by Crippen LogP contribution is 2.40. The van der Waals surface area contributed by atoms with E-state index in [1.807, 2.05) is 99.6 Å². The maximum atomic E-state index is 12.5. The van der Waals surface area contributed by atoms with Crippen molar-refractivity contribution < 1.29 is 24.1 Å². The molecule has 0 saturated carbocycles. The molecular formula is C30H35NO5. The molecule has 1 fully saturated rings. The molecule has 1 aliphatic rings. The topological polar surface area (TPSA) is 68.2 Å². The monoisotopic (exact) mass is 489 g/mol. The number of carbonyl (C=O) groups is 1. The van der Waals surface area contributed by atoms with Gasteiger partial charge in [-0.2, -0.15) is 0 Å². The van der Waals surface area contributed by atoms with Gasteiger partial charge < -0.3 is 24.2 Å². The smallest absolute Gasteiger partial charge is 0.410 e. The number of carbonyl (C=O) groups excluding carboxylic acids is 1. The number of aliphatic hydroxyl groups is 1. The Balaban J connectivity index is 1.51. The van der Waals surface area contributed by atoms with E-state index < -0.39 is 11.2 Å². The zero-order valence-corrected chi connectivity index (χ0v) is 21.3. The molecule has 0 unspecified atom stereocenters. The molecule has 0 aromatic heterocycles. The van der Waals surface area contributed by atoms with Crippen molar-refractivity contribution in [1.82, 2.24) is 4.90 Å². The molecule has 4 rings (SSSR count). The molecule has 3 aromatic carbocycles. The predicted octanol–water partition coefficient (Wildman–Crippen LogP) is 6.06. The Kier molecular flexibility index (Phi) is 7.85. The highest BCUT2D eigenvalue weighted by Gasteiger charge is 2.38. The molecule has 0 radical (unpaired) electrons. The third-order valence-corrected chi connectivity index (χ3v) is 6.18. The van der Waals surface area contributed by atoms with Crippen LogP contribution in [0.3, 0.4) is 0 Å². The van der Waals surface area contributed by atoms with Crippen molar-refractivity contribution in [3.63, 3.8) is 0 Å². The Hall–Kier alpha value is -3.51. The zero-order valence-electron chi connectivity index (χ0n) is 21.3. The Morgan fingerprint density at radius 2 is 1.42 bits per heavy atom. The first kappa shape index (κ1) is 25.6. The summed E-state index contributed by atoms with van der Waals surface area (Å²) in [6.45, 7) is 7.16. The predicted molar refractivity (Wildman–Crippen MR) is 139 cm³/mol. The van der Waals surface area contributed by atoms with Crippen LogP contribution in [0.2, 0.25) is 0 Å². The van der Waals surface area contributed by atoms with Crippen LogP contribution < -0.4 is 9.47 Å². The Morgan fingerprint density at radius 1 is 0.861 bits per heavy atom. The minimum Gasteiger partial charge on any atom is -0.489 e. The van der Waals surface area contributed by atoms with E-state index in [0.717, 1.165) is 11.1 Å². The van der Waals surface area contributed by atoms with Crippen LogP contribution in [0.25, 0.3) is 0 Å². The van der Waals surface area contributed by atoms with Gasteiger partial charge in [-0.1, -0.05) is 60.7 Å². The average molecular weight is 490 g/mol. The minimum atomic E-state index is -1.12. The zero-order chi connectivity index (χ0) is 25.6. The molecule has 36 heavy (non-hydrogen) atoms. The van der Waals surface area contributed by atoms with Crippen molar-refractivity contribution in [3.8, 4) is 11.5 Å². The van der Waals surface area contributed by atoms with Crippen LogP contribution in [-0.4, -0.2) is 34.8 Å². The fourth-order valence-electron chi connectivity index (χ4n) is 4.23. The quantitative estimate of drug-likeness (QED) is 0.437. The van der Waals surface area contributed by atoms with Crippen molar-refractivity contribution in [2.45, 2.75) is 58.0 Å². The van der Waals surface area contributed by atoms with Crippen LogP contribution in [0.5, 0.6) is 11.5 Å². The van der Waals surface area contributed by atoms with Crippen LogP contribution >= 0.6 is 0 Å². The molecule has 0 spiro atoms. The van der Waals surface area contributed by atoms with Gasteiger partial charge in [-0.05, 0) is 56.9 Å². The lowest BCUT2D eigenvalue weighted by atomic mass is 9.84. The molecule has 0 atom stereocenters. The second kappa shape index (κ2) is 11.0. The van der Waals surface area contributed by atoms with E-state index in [1.165, 1.54) is 0 Å².